The Hall–Kier alpha value is -2.81. The van der Waals surface area contributed by atoms with Crippen molar-refractivity contribution in [3.63, 3.8) is 0 Å². The summed E-state index contributed by atoms with van der Waals surface area (Å²) in [5, 5.41) is 2.54. The maximum atomic E-state index is 10.2. The van der Waals surface area contributed by atoms with Crippen LogP contribution in [0.3, 0.4) is 0 Å². The highest BCUT2D eigenvalue weighted by Gasteiger charge is 2.04. The Morgan fingerprint density at radius 3 is 2.41 bits per heavy atom. The molecule has 22 heavy (non-hydrogen) atoms. The van der Waals surface area contributed by atoms with Crippen LogP contribution in [-0.4, -0.2) is 18.1 Å². The number of nitrogens with one attached hydrogen (secondary N) is 1. The summed E-state index contributed by atoms with van der Waals surface area (Å²) in [5.41, 5.74) is 3.95. The number of aromatic amines is 1. The molecular weight excluding hydrogens is 274 g/mol. The summed E-state index contributed by atoms with van der Waals surface area (Å²) in [6, 6.07) is 14.6. The van der Waals surface area contributed by atoms with Gasteiger partial charge in [-0.15, -0.1) is 0 Å². The van der Waals surface area contributed by atoms with E-state index in [1.54, 1.807) is 6.92 Å². The van der Waals surface area contributed by atoms with Crippen LogP contribution in [0.5, 0.6) is 0 Å². The van der Waals surface area contributed by atoms with Crippen molar-refractivity contribution in [3.05, 3.63) is 66.8 Å². The van der Waals surface area contributed by atoms with Crippen LogP contribution in [0.15, 0.2) is 61.2 Å². The van der Waals surface area contributed by atoms with Gasteiger partial charge in [-0.2, -0.15) is 0 Å². The fourth-order valence-electron chi connectivity index (χ4n) is 2.24. The van der Waals surface area contributed by atoms with Gasteiger partial charge in [-0.3, -0.25) is 0 Å². The Bertz CT molecular complexity index is 843. The maximum absolute atomic E-state index is 10.2. The lowest BCUT2D eigenvalue weighted by Gasteiger charge is -1.94. The van der Waals surface area contributed by atoms with Crippen molar-refractivity contribution in [1.29, 1.82) is 0 Å². The van der Waals surface area contributed by atoms with Gasteiger partial charge in [-0.25, -0.2) is 4.79 Å². The summed E-state index contributed by atoms with van der Waals surface area (Å²) in [6.45, 7) is 8.79. The fraction of sp³-hybridized carbons (Fsp3) is 0.105. The van der Waals surface area contributed by atoms with Crippen LogP contribution in [0.4, 0.5) is 0 Å². The molecule has 1 N–H and O–H groups in total. The summed E-state index contributed by atoms with van der Waals surface area (Å²) in [4.78, 5) is 13.6. The third-order valence-corrected chi connectivity index (χ3v) is 3.33. The van der Waals surface area contributed by atoms with Crippen molar-refractivity contribution >= 4 is 33.9 Å². The molecule has 0 radical (unpaired) electrons. The van der Waals surface area contributed by atoms with E-state index in [0.29, 0.717) is 5.57 Å². The molecule has 1 heterocycles. The second-order valence-electron chi connectivity index (χ2n) is 4.92. The summed E-state index contributed by atoms with van der Waals surface area (Å²) in [7, 11) is 1.33. The number of esters is 1. The maximum Gasteiger partial charge on any atom is 0.332 e. The van der Waals surface area contributed by atoms with Crippen molar-refractivity contribution in [1.82, 2.24) is 4.98 Å². The van der Waals surface area contributed by atoms with E-state index in [2.05, 4.69) is 59.3 Å². The minimum absolute atomic E-state index is 0.347. The monoisotopic (exact) mass is 293 g/mol. The quantitative estimate of drug-likeness (QED) is 0.549. The van der Waals surface area contributed by atoms with Crippen LogP contribution in [0, 0.1) is 0 Å². The molecule has 2 aromatic carbocycles. The molecule has 0 atom stereocenters. The Morgan fingerprint density at radius 2 is 1.82 bits per heavy atom. The third-order valence-electron chi connectivity index (χ3n) is 3.33. The van der Waals surface area contributed by atoms with Crippen LogP contribution in [0.2, 0.25) is 0 Å². The van der Waals surface area contributed by atoms with Gasteiger partial charge < -0.3 is 9.72 Å². The smallest absolute Gasteiger partial charge is 0.332 e. The Labute approximate surface area is 129 Å². The van der Waals surface area contributed by atoms with Crippen molar-refractivity contribution in [3.8, 4) is 0 Å². The van der Waals surface area contributed by atoms with E-state index in [1.165, 1.54) is 28.9 Å². The molecule has 3 aromatic rings. The highest BCUT2D eigenvalue weighted by atomic mass is 16.5. The van der Waals surface area contributed by atoms with Crippen molar-refractivity contribution < 1.29 is 9.53 Å². The highest BCUT2D eigenvalue weighted by molar-refractivity contribution is 6.09. The standard InChI is InChI=1S/C14H11N.C5H8O2/c1-2-10-6-5-8-12-11-7-3-4-9-13(11)15-14(10)12;1-4(2)5(6)7-3/h2-9,15H,1H2;1H2,2-3H3. The van der Waals surface area contributed by atoms with E-state index < -0.39 is 0 Å². The van der Waals surface area contributed by atoms with Gasteiger partial charge in [-0.1, -0.05) is 55.6 Å². The number of methoxy groups -OCH3 is 1. The van der Waals surface area contributed by atoms with Gasteiger partial charge in [-0.05, 0) is 18.6 Å². The molecule has 1 aromatic heterocycles. The summed E-state index contributed by atoms with van der Waals surface area (Å²) < 4.78 is 4.27. The average Bonchev–Trinajstić information content (AvgIpc) is 2.93. The normalized spacial score (nSPS) is 9.91. The van der Waals surface area contributed by atoms with Crippen LogP contribution < -0.4 is 0 Å². The molecule has 112 valence electrons. The summed E-state index contributed by atoms with van der Waals surface area (Å²) in [6.07, 6.45) is 1.89. The van der Waals surface area contributed by atoms with E-state index in [-0.39, 0.29) is 5.97 Å². The molecule has 0 spiro atoms. The van der Waals surface area contributed by atoms with E-state index in [4.69, 9.17) is 0 Å². The van der Waals surface area contributed by atoms with E-state index in [9.17, 15) is 4.79 Å². The third kappa shape index (κ3) is 3.09. The van der Waals surface area contributed by atoms with Crippen molar-refractivity contribution in [2.24, 2.45) is 0 Å². The van der Waals surface area contributed by atoms with Crippen molar-refractivity contribution in [2.45, 2.75) is 6.92 Å². The molecule has 0 saturated carbocycles. The number of ether oxygens (including phenoxy) is 1. The Morgan fingerprint density at radius 1 is 1.14 bits per heavy atom. The lowest BCUT2D eigenvalue weighted by atomic mass is 10.1. The second-order valence-corrected chi connectivity index (χ2v) is 4.92. The molecule has 3 nitrogen and oxygen atoms in total. The van der Waals surface area contributed by atoms with Gasteiger partial charge in [0, 0.05) is 21.9 Å². The molecule has 0 aliphatic carbocycles. The predicted octanol–water partition coefficient (Wildman–Crippen LogP) is 4.70. The molecule has 0 aliphatic rings. The average molecular weight is 293 g/mol. The molecule has 3 heteroatoms. The zero-order valence-corrected chi connectivity index (χ0v) is 12.8. The first-order chi connectivity index (χ1) is 10.6. The molecule has 0 bridgehead atoms. The number of para-hydroxylation sites is 2. The predicted molar refractivity (Wildman–Crippen MR) is 92.7 cm³/mol. The van der Waals surface area contributed by atoms with Gasteiger partial charge >= 0.3 is 5.97 Å². The van der Waals surface area contributed by atoms with Gasteiger partial charge in [0.05, 0.1) is 12.6 Å². The van der Waals surface area contributed by atoms with Crippen LogP contribution >= 0.6 is 0 Å². The van der Waals surface area contributed by atoms with Crippen LogP contribution in [-0.2, 0) is 9.53 Å². The van der Waals surface area contributed by atoms with Crippen LogP contribution in [0.25, 0.3) is 27.9 Å². The van der Waals surface area contributed by atoms with Gasteiger partial charge in [0.1, 0.15) is 0 Å². The molecular formula is C19H19NO2. The number of aromatic nitrogens is 1. The van der Waals surface area contributed by atoms with E-state index in [1.807, 2.05) is 12.1 Å². The largest absolute Gasteiger partial charge is 0.466 e. The van der Waals surface area contributed by atoms with E-state index in [0.717, 1.165) is 5.56 Å². The molecule has 0 aliphatic heterocycles. The zero-order valence-electron chi connectivity index (χ0n) is 12.8. The number of H-pyrrole nitrogens is 1. The first-order valence-corrected chi connectivity index (χ1v) is 6.94. The lowest BCUT2D eigenvalue weighted by molar-refractivity contribution is -0.136. The van der Waals surface area contributed by atoms with Crippen LogP contribution in [0.1, 0.15) is 12.5 Å². The van der Waals surface area contributed by atoms with Gasteiger partial charge in [0.2, 0.25) is 0 Å². The molecule has 0 amide bonds. The number of rotatable bonds is 2. The fourth-order valence-corrected chi connectivity index (χ4v) is 2.24. The SMILES string of the molecule is C=C(C)C(=O)OC.C=Cc1cccc2c1[nH]c1ccccc12. The number of hydrogen-bond donors (Lipinski definition) is 1. The number of carbonyl (C=O) groups is 1. The first kappa shape index (κ1) is 15.6. The van der Waals surface area contributed by atoms with E-state index >= 15 is 0 Å². The molecule has 3 rings (SSSR count). The topological polar surface area (TPSA) is 42.1 Å². The number of carbonyl (C=O) groups excluding carboxylic acids is 1. The molecule has 0 saturated heterocycles. The summed E-state index contributed by atoms with van der Waals surface area (Å²) >= 11 is 0. The highest BCUT2D eigenvalue weighted by Crippen LogP contribution is 2.27. The van der Waals surface area contributed by atoms with Gasteiger partial charge in [0.15, 0.2) is 0 Å². The minimum Gasteiger partial charge on any atom is -0.466 e. The second kappa shape index (κ2) is 6.76. The molecule has 0 fully saturated rings. The zero-order chi connectivity index (χ0) is 16.1. The lowest BCUT2D eigenvalue weighted by Crippen LogP contribution is -1.98. The number of benzene rings is 2. The molecule has 0 unspecified atom stereocenters. The minimum atomic E-state index is -0.347. The first-order valence-electron chi connectivity index (χ1n) is 6.94. The van der Waals surface area contributed by atoms with Gasteiger partial charge in [0.25, 0.3) is 0 Å². The number of hydrogen-bond acceptors (Lipinski definition) is 2. The van der Waals surface area contributed by atoms with Crippen molar-refractivity contribution in [2.75, 3.05) is 7.11 Å². The number of fused-ring (bicyclic) bond motifs is 3. The Kier molecular flexibility index (Phi) is 4.79. The Balaban J connectivity index is 0.000000217. The summed E-state index contributed by atoms with van der Waals surface area (Å²) in [5.74, 6) is -0.347.